The topological polar surface area (TPSA) is 44.1 Å². The van der Waals surface area contributed by atoms with Crippen molar-refractivity contribution in [2.75, 3.05) is 6.67 Å². The van der Waals surface area contributed by atoms with Gasteiger partial charge in [0.25, 0.3) is 0 Å². The molecule has 0 N–H and O–H groups in total. The number of ketones is 1. The number of Topliss-reactive ketones (excluding diaryl/α,β-unsaturated/α-hetero) is 1. The van der Waals surface area contributed by atoms with E-state index in [1.807, 2.05) is 70.4 Å². The lowest BCUT2D eigenvalue weighted by molar-refractivity contribution is -0.138. The van der Waals surface area contributed by atoms with Gasteiger partial charge in [0.1, 0.15) is 18.4 Å². The van der Waals surface area contributed by atoms with Crippen LogP contribution in [0.15, 0.2) is 24.3 Å². The third kappa shape index (κ3) is 4.53. The van der Waals surface area contributed by atoms with Gasteiger partial charge in [-0.3, -0.25) is 4.79 Å². The molecule has 0 spiro atoms. The van der Waals surface area contributed by atoms with Crippen LogP contribution >= 0.6 is 11.6 Å². The Bertz CT molecular complexity index is 1130. The van der Waals surface area contributed by atoms with Crippen molar-refractivity contribution in [1.82, 2.24) is 9.55 Å². The number of aromatic nitrogens is 2. The van der Waals surface area contributed by atoms with Crippen LogP contribution in [0.4, 0.5) is 4.39 Å². The maximum atomic E-state index is 13.3. The van der Waals surface area contributed by atoms with Gasteiger partial charge in [-0.05, 0) is 71.7 Å². The van der Waals surface area contributed by atoms with E-state index in [-0.39, 0.29) is 12.3 Å². The van der Waals surface area contributed by atoms with E-state index < -0.39 is 18.4 Å². The van der Waals surface area contributed by atoms with Crippen LogP contribution in [0.3, 0.4) is 0 Å². The number of pyridine rings is 1. The molecule has 0 amide bonds. The predicted octanol–water partition coefficient (Wildman–Crippen LogP) is 6.70. The SMILES string of the molecule is CC(=O)[C@@H](OC(C)(C)C)c1c(C)nc2c(c(C)c(C)n2CCF)c1-c1ccc(Cl)cc1. The number of benzene rings is 1. The maximum Gasteiger partial charge on any atom is 0.163 e. The molecule has 0 saturated heterocycles. The van der Waals surface area contributed by atoms with Gasteiger partial charge in [0.15, 0.2) is 5.78 Å². The molecule has 0 fully saturated rings. The molecule has 0 radical (unpaired) electrons. The van der Waals surface area contributed by atoms with Gasteiger partial charge in [-0.15, -0.1) is 0 Å². The molecular weight excluding hydrogens is 415 g/mol. The predicted molar refractivity (Wildman–Crippen MR) is 125 cm³/mol. The molecule has 3 rings (SSSR count). The van der Waals surface area contributed by atoms with Gasteiger partial charge in [-0.2, -0.15) is 0 Å². The van der Waals surface area contributed by atoms with Crippen molar-refractivity contribution in [1.29, 1.82) is 0 Å². The fraction of sp³-hybridized carbons (Fsp3) is 0.440. The third-order valence-corrected chi connectivity index (χ3v) is 5.78. The molecule has 166 valence electrons. The zero-order valence-corrected chi connectivity index (χ0v) is 20.0. The molecule has 4 nitrogen and oxygen atoms in total. The Morgan fingerprint density at radius 1 is 1.19 bits per heavy atom. The number of hydrogen-bond acceptors (Lipinski definition) is 3. The number of halogens is 2. The minimum atomic E-state index is -0.771. The smallest absolute Gasteiger partial charge is 0.163 e. The second-order valence-electron chi connectivity index (χ2n) is 8.96. The van der Waals surface area contributed by atoms with Crippen molar-refractivity contribution in [2.24, 2.45) is 0 Å². The summed E-state index contributed by atoms with van der Waals surface area (Å²) >= 11 is 6.15. The quantitative estimate of drug-likeness (QED) is 0.425. The van der Waals surface area contributed by atoms with E-state index in [1.165, 1.54) is 6.92 Å². The fourth-order valence-electron chi connectivity index (χ4n) is 4.09. The number of nitrogens with zero attached hydrogens (tertiary/aromatic N) is 2. The zero-order chi connectivity index (χ0) is 23.1. The highest BCUT2D eigenvalue weighted by Crippen LogP contribution is 2.42. The average molecular weight is 445 g/mol. The molecule has 0 aliphatic rings. The highest BCUT2D eigenvalue weighted by Gasteiger charge is 2.31. The van der Waals surface area contributed by atoms with E-state index in [1.54, 1.807) is 0 Å². The zero-order valence-electron chi connectivity index (χ0n) is 19.3. The number of ether oxygens (including phenoxy) is 1. The van der Waals surface area contributed by atoms with Crippen LogP contribution in [0.25, 0.3) is 22.2 Å². The van der Waals surface area contributed by atoms with Crippen molar-refractivity contribution >= 4 is 28.4 Å². The summed E-state index contributed by atoms with van der Waals surface area (Å²) in [6.45, 7) is 13.0. The molecule has 0 saturated carbocycles. The van der Waals surface area contributed by atoms with Crippen LogP contribution in [0.1, 0.15) is 56.3 Å². The first-order valence-electron chi connectivity index (χ1n) is 10.5. The van der Waals surface area contributed by atoms with E-state index in [4.69, 9.17) is 21.3 Å². The number of alkyl halides is 1. The minimum absolute atomic E-state index is 0.0908. The molecule has 3 aromatic rings. The Labute approximate surface area is 188 Å². The first-order chi connectivity index (χ1) is 14.5. The molecule has 0 unspecified atom stereocenters. The molecule has 1 aromatic carbocycles. The summed E-state index contributed by atoms with van der Waals surface area (Å²) in [5, 5.41) is 1.54. The largest absolute Gasteiger partial charge is 0.360 e. The summed E-state index contributed by atoms with van der Waals surface area (Å²) < 4.78 is 21.5. The molecular formula is C25H30ClFN2O2. The third-order valence-electron chi connectivity index (χ3n) is 5.53. The van der Waals surface area contributed by atoms with E-state index >= 15 is 0 Å². The van der Waals surface area contributed by atoms with Crippen molar-refractivity contribution in [3.63, 3.8) is 0 Å². The summed E-state index contributed by atoms with van der Waals surface area (Å²) in [5.74, 6) is -0.0908. The summed E-state index contributed by atoms with van der Waals surface area (Å²) in [6, 6.07) is 7.54. The maximum absolute atomic E-state index is 13.3. The molecule has 2 aromatic heterocycles. The summed E-state index contributed by atoms with van der Waals surface area (Å²) in [5.41, 5.74) is 5.42. The molecule has 1 atom stereocenters. The second kappa shape index (κ2) is 8.71. The molecule has 6 heteroatoms. The number of hydrogen-bond donors (Lipinski definition) is 0. The Morgan fingerprint density at radius 3 is 2.32 bits per heavy atom. The lowest BCUT2D eigenvalue weighted by atomic mass is 9.90. The van der Waals surface area contributed by atoms with Gasteiger partial charge in [-0.25, -0.2) is 9.37 Å². The highest BCUT2D eigenvalue weighted by atomic mass is 35.5. The Morgan fingerprint density at radius 2 is 1.81 bits per heavy atom. The van der Waals surface area contributed by atoms with Gasteiger partial charge in [0.2, 0.25) is 0 Å². The molecule has 31 heavy (non-hydrogen) atoms. The van der Waals surface area contributed by atoms with Crippen molar-refractivity contribution in [2.45, 2.75) is 66.7 Å². The standard InChI is InChI=1S/C25H30ClFN2O2/c1-14-16(3)29(13-12-27)24-20(14)22(18-8-10-19(26)11-9-18)21(15(2)28-24)23(17(4)30)31-25(5,6)7/h8-11,23H,12-13H2,1-7H3/t23-/m1/s1. The Hall–Kier alpha value is -2.24. The van der Waals surface area contributed by atoms with Gasteiger partial charge >= 0.3 is 0 Å². The van der Waals surface area contributed by atoms with Crippen LogP contribution in [0.5, 0.6) is 0 Å². The van der Waals surface area contributed by atoms with Crippen LogP contribution in [0, 0.1) is 20.8 Å². The Kier molecular flexibility index (Phi) is 6.59. The van der Waals surface area contributed by atoms with Crippen LogP contribution in [-0.4, -0.2) is 27.6 Å². The Balaban J connectivity index is 2.48. The average Bonchev–Trinajstić information content (AvgIpc) is 2.90. The molecule has 0 bridgehead atoms. The van der Waals surface area contributed by atoms with E-state index in [0.29, 0.717) is 10.7 Å². The lowest BCUT2D eigenvalue weighted by Gasteiger charge is -2.29. The van der Waals surface area contributed by atoms with Crippen LogP contribution in [0.2, 0.25) is 5.02 Å². The first-order valence-corrected chi connectivity index (χ1v) is 10.8. The van der Waals surface area contributed by atoms with E-state index in [0.717, 1.165) is 39.0 Å². The number of aryl methyl sites for hydroxylation is 3. The van der Waals surface area contributed by atoms with Gasteiger partial charge < -0.3 is 9.30 Å². The number of carbonyl (C=O) groups excluding carboxylic acids is 1. The number of rotatable bonds is 6. The van der Waals surface area contributed by atoms with Gasteiger partial charge in [0.05, 0.1) is 12.1 Å². The summed E-state index contributed by atoms with van der Waals surface area (Å²) in [7, 11) is 0. The van der Waals surface area contributed by atoms with E-state index in [9.17, 15) is 9.18 Å². The molecule has 0 aliphatic heterocycles. The van der Waals surface area contributed by atoms with E-state index in [2.05, 4.69) is 0 Å². The van der Waals surface area contributed by atoms with Crippen LogP contribution < -0.4 is 0 Å². The van der Waals surface area contributed by atoms with Crippen molar-refractivity contribution in [3.05, 3.63) is 51.8 Å². The lowest BCUT2D eigenvalue weighted by Crippen LogP contribution is -2.27. The van der Waals surface area contributed by atoms with Gasteiger partial charge in [-0.1, -0.05) is 23.7 Å². The fourth-order valence-corrected chi connectivity index (χ4v) is 4.22. The van der Waals surface area contributed by atoms with Crippen LogP contribution in [-0.2, 0) is 16.1 Å². The monoisotopic (exact) mass is 444 g/mol. The van der Waals surface area contributed by atoms with Crippen molar-refractivity contribution < 1.29 is 13.9 Å². The normalized spacial score (nSPS) is 13.1. The molecule has 2 heterocycles. The summed E-state index contributed by atoms with van der Waals surface area (Å²) in [6.07, 6.45) is -0.771. The second-order valence-corrected chi connectivity index (χ2v) is 9.40. The minimum Gasteiger partial charge on any atom is -0.360 e. The number of fused-ring (bicyclic) bond motifs is 1. The summed E-state index contributed by atoms with van der Waals surface area (Å²) in [4.78, 5) is 17.6. The van der Waals surface area contributed by atoms with Crippen molar-refractivity contribution in [3.8, 4) is 11.1 Å². The molecule has 0 aliphatic carbocycles. The van der Waals surface area contributed by atoms with Gasteiger partial charge in [0, 0.05) is 32.9 Å². The highest BCUT2D eigenvalue weighted by molar-refractivity contribution is 6.30. The first kappa shape index (κ1) is 23.4. The number of carbonyl (C=O) groups is 1.